The molecule has 152 valence electrons. The van der Waals surface area contributed by atoms with Crippen molar-refractivity contribution in [2.24, 2.45) is 11.8 Å². The second-order valence-electron chi connectivity index (χ2n) is 10.1. The molecular formula is C24H38O2S. The molecule has 4 aliphatic rings. The zero-order valence-electron chi connectivity index (χ0n) is 17.4. The van der Waals surface area contributed by atoms with Crippen LogP contribution in [-0.2, 0) is 9.47 Å². The summed E-state index contributed by atoms with van der Waals surface area (Å²) >= 11 is 1.85. The Balaban J connectivity index is 1.03. The van der Waals surface area contributed by atoms with E-state index in [0.717, 1.165) is 24.7 Å². The molecule has 2 aliphatic heterocycles. The topological polar surface area (TPSA) is 25.1 Å². The van der Waals surface area contributed by atoms with E-state index in [-0.39, 0.29) is 11.2 Å². The van der Waals surface area contributed by atoms with Crippen LogP contribution in [0.25, 0.3) is 0 Å². The lowest BCUT2D eigenvalue weighted by Crippen LogP contribution is -2.21. The molecule has 2 aliphatic carbocycles. The highest BCUT2D eigenvalue weighted by molar-refractivity contribution is 8.06. The molecule has 2 saturated heterocycles. The number of hydrogen-bond donors (Lipinski definition) is 0. The quantitative estimate of drug-likeness (QED) is 0.375. The minimum Gasteiger partial charge on any atom is -0.366 e. The third-order valence-corrected chi connectivity index (χ3v) is 8.67. The standard InChI is InChI=1S/C24H38O2S/c1-17(7-5-9-19-11-13-23(3)21(15-19)25-23)27-18(2)8-6-10-20-12-14-24(4)22(16-20)26-24/h19-22H,1-2,5-16H2,3-4H3. The van der Waals surface area contributed by atoms with Crippen molar-refractivity contribution in [3.05, 3.63) is 23.0 Å². The SMILES string of the molecule is C=C(CCCC1CCC2(C)OC2C1)SC(=C)CCCC1CCC2(C)OC2C1. The third-order valence-electron chi connectivity index (χ3n) is 7.69. The first-order chi connectivity index (χ1) is 12.9. The third kappa shape index (κ3) is 5.03. The summed E-state index contributed by atoms with van der Waals surface area (Å²) < 4.78 is 11.7. The number of fused-ring (bicyclic) bond motifs is 2. The number of thioether (sulfide) groups is 1. The Hall–Kier alpha value is -0.250. The second-order valence-corrected chi connectivity index (χ2v) is 11.4. The summed E-state index contributed by atoms with van der Waals surface area (Å²) in [6.07, 6.45) is 16.5. The predicted octanol–water partition coefficient (Wildman–Crippen LogP) is 7.00. The molecular weight excluding hydrogens is 352 g/mol. The molecule has 0 radical (unpaired) electrons. The maximum atomic E-state index is 5.83. The number of ether oxygens (including phenoxy) is 2. The number of allylic oxidation sites excluding steroid dienone is 2. The molecule has 3 heteroatoms. The van der Waals surface area contributed by atoms with Crippen molar-refractivity contribution in [1.29, 1.82) is 0 Å². The molecule has 4 fully saturated rings. The smallest absolute Gasteiger partial charge is 0.0920 e. The fraction of sp³-hybridized carbons (Fsp3) is 0.833. The highest BCUT2D eigenvalue weighted by atomic mass is 32.2. The summed E-state index contributed by atoms with van der Waals surface area (Å²) in [7, 11) is 0. The normalized spacial score (nSPS) is 42.1. The van der Waals surface area contributed by atoms with E-state index < -0.39 is 0 Å². The summed E-state index contributed by atoms with van der Waals surface area (Å²) in [5.74, 6) is 1.75. The molecule has 0 spiro atoms. The van der Waals surface area contributed by atoms with Gasteiger partial charge >= 0.3 is 0 Å². The van der Waals surface area contributed by atoms with E-state index in [0.29, 0.717) is 12.2 Å². The minimum absolute atomic E-state index is 0.261. The van der Waals surface area contributed by atoms with Gasteiger partial charge in [0.1, 0.15) is 0 Å². The monoisotopic (exact) mass is 390 g/mol. The van der Waals surface area contributed by atoms with Crippen molar-refractivity contribution < 1.29 is 9.47 Å². The van der Waals surface area contributed by atoms with Gasteiger partial charge in [-0.05, 0) is 99.7 Å². The van der Waals surface area contributed by atoms with Crippen LogP contribution in [0.1, 0.15) is 90.9 Å². The lowest BCUT2D eigenvalue weighted by atomic mass is 9.81. The molecule has 0 amide bonds. The Morgan fingerprint density at radius 3 is 1.70 bits per heavy atom. The second kappa shape index (κ2) is 7.88. The van der Waals surface area contributed by atoms with Gasteiger partial charge in [0.05, 0.1) is 23.4 Å². The van der Waals surface area contributed by atoms with Gasteiger partial charge in [-0.3, -0.25) is 0 Å². The largest absolute Gasteiger partial charge is 0.366 e. The van der Waals surface area contributed by atoms with Crippen molar-refractivity contribution in [1.82, 2.24) is 0 Å². The van der Waals surface area contributed by atoms with E-state index in [4.69, 9.17) is 9.47 Å². The van der Waals surface area contributed by atoms with Crippen LogP contribution in [0, 0.1) is 11.8 Å². The van der Waals surface area contributed by atoms with Gasteiger partial charge in [-0.1, -0.05) is 26.0 Å². The molecule has 6 atom stereocenters. The molecule has 0 aromatic rings. The van der Waals surface area contributed by atoms with Crippen LogP contribution < -0.4 is 0 Å². The average Bonchev–Trinajstić information content (AvgIpc) is 3.47. The summed E-state index contributed by atoms with van der Waals surface area (Å²) in [5.41, 5.74) is 0.521. The number of epoxide rings is 2. The molecule has 2 saturated carbocycles. The van der Waals surface area contributed by atoms with Crippen LogP contribution in [0.15, 0.2) is 23.0 Å². The average molecular weight is 391 g/mol. The predicted molar refractivity (Wildman–Crippen MR) is 115 cm³/mol. The van der Waals surface area contributed by atoms with E-state index in [1.54, 1.807) is 0 Å². The van der Waals surface area contributed by atoms with Crippen LogP contribution in [-0.4, -0.2) is 23.4 Å². The van der Waals surface area contributed by atoms with Crippen molar-refractivity contribution >= 4 is 11.8 Å². The van der Waals surface area contributed by atoms with Crippen molar-refractivity contribution in [3.63, 3.8) is 0 Å². The maximum absolute atomic E-state index is 5.83. The summed E-state index contributed by atoms with van der Waals surface area (Å²) in [4.78, 5) is 2.62. The summed E-state index contributed by atoms with van der Waals surface area (Å²) in [6.45, 7) is 13.1. The Morgan fingerprint density at radius 1 is 0.852 bits per heavy atom. The number of rotatable bonds is 10. The molecule has 0 aromatic carbocycles. The van der Waals surface area contributed by atoms with E-state index in [9.17, 15) is 0 Å². The van der Waals surface area contributed by atoms with Crippen LogP contribution in [0.2, 0.25) is 0 Å². The van der Waals surface area contributed by atoms with Gasteiger partial charge in [0.15, 0.2) is 0 Å². The van der Waals surface area contributed by atoms with E-state index in [1.807, 2.05) is 11.8 Å². The fourth-order valence-corrected chi connectivity index (χ4v) is 6.35. The van der Waals surface area contributed by atoms with Crippen LogP contribution >= 0.6 is 11.8 Å². The Morgan fingerprint density at radius 2 is 1.30 bits per heavy atom. The summed E-state index contributed by atoms with van der Waals surface area (Å²) in [6, 6.07) is 0. The lowest BCUT2D eigenvalue weighted by molar-refractivity contribution is 0.298. The van der Waals surface area contributed by atoms with Crippen molar-refractivity contribution in [2.75, 3.05) is 0 Å². The van der Waals surface area contributed by atoms with Gasteiger partial charge in [0.25, 0.3) is 0 Å². The van der Waals surface area contributed by atoms with Gasteiger partial charge in [0, 0.05) is 0 Å². The Kier molecular flexibility index (Phi) is 5.85. The zero-order chi connectivity index (χ0) is 19.1. The van der Waals surface area contributed by atoms with E-state index >= 15 is 0 Å². The maximum Gasteiger partial charge on any atom is 0.0920 e. The highest BCUT2D eigenvalue weighted by Gasteiger charge is 2.55. The first-order valence-electron chi connectivity index (χ1n) is 11.3. The number of hydrogen-bond acceptors (Lipinski definition) is 3. The first kappa shape index (κ1) is 20.0. The molecule has 2 nitrogen and oxygen atoms in total. The zero-order valence-corrected chi connectivity index (χ0v) is 18.3. The molecule has 0 N–H and O–H groups in total. The van der Waals surface area contributed by atoms with Crippen LogP contribution in [0.4, 0.5) is 0 Å². The molecule has 2 heterocycles. The van der Waals surface area contributed by atoms with Crippen LogP contribution in [0.3, 0.4) is 0 Å². The van der Waals surface area contributed by atoms with Gasteiger partial charge in [-0.2, -0.15) is 0 Å². The minimum atomic E-state index is 0.261. The lowest BCUT2D eigenvalue weighted by Gasteiger charge is -2.22. The van der Waals surface area contributed by atoms with Gasteiger partial charge in [-0.25, -0.2) is 0 Å². The highest BCUT2D eigenvalue weighted by Crippen LogP contribution is 2.51. The van der Waals surface area contributed by atoms with Crippen molar-refractivity contribution in [2.45, 2.75) is 114 Å². The first-order valence-corrected chi connectivity index (χ1v) is 12.1. The molecule has 0 bridgehead atoms. The fourth-order valence-electron chi connectivity index (χ4n) is 5.45. The molecule has 6 unspecified atom stereocenters. The van der Waals surface area contributed by atoms with E-state index in [2.05, 4.69) is 27.0 Å². The van der Waals surface area contributed by atoms with Crippen molar-refractivity contribution in [3.8, 4) is 0 Å². The van der Waals surface area contributed by atoms with E-state index in [1.165, 1.54) is 74.0 Å². The Labute approximate surface area is 170 Å². The Bertz CT molecular complexity index is 537. The van der Waals surface area contributed by atoms with Gasteiger partial charge < -0.3 is 9.47 Å². The van der Waals surface area contributed by atoms with Gasteiger partial charge in [-0.15, -0.1) is 11.8 Å². The molecule has 0 aromatic heterocycles. The molecule has 27 heavy (non-hydrogen) atoms. The van der Waals surface area contributed by atoms with Crippen LogP contribution in [0.5, 0.6) is 0 Å². The molecule has 4 rings (SSSR count). The summed E-state index contributed by atoms with van der Waals surface area (Å²) in [5, 5.41) is 0. The van der Waals surface area contributed by atoms with Gasteiger partial charge in [0.2, 0.25) is 0 Å².